The minimum absolute atomic E-state index is 0.258. The van der Waals surface area contributed by atoms with Crippen LogP contribution in [0.1, 0.15) is 19.8 Å². The standard InChI is InChI=1S/C11H19N3O3/c1-8(10(15)16)12-11(17)14-6-5-13-4-2-3-9(13)7-14/h8-9H,2-7H2,1H3,(H,12,17)(H,15,16). The molecule has 2 saturated heterocycles. The van der Waals surface area contributed by atoms with E-state index < -0.39 is 12.0 Å². The number of carboxylic acids is 1. The van der Waals surface area contributed by atoms with Gasteiger partial charge in [0.05, 0.1) is 0 Å². The highest BCUT2D eigenvalue weighted by Crippen LogP contribution is 2.21. The first-order valence-electron chi connectivity index (χ1n) is 6.10. The Hall–Kier alpha value is -1.30. The molecule has 2 fully saturated rings. The number of carboxylic acid groups (broad SMARTS) is 1. The van der Waals surface area contributed by atoms with Crippen LogP contribution in [0.3, 0.4) is 0 Å². The molecule has 2 aliphatic heterocycles. The number of urea groups is 1. The molecule has 0 spiro atoms. The average Bonchev–Trinajstić information content (AvgIpc) is 2.75. The number of fused-ring (bicyclic) bond motifs is 1. The van der Waals surface area contributed by atoms with E-state index in [1.807, 2.05) is 0 Å². The molecule has 6 heteroatoms. The molecule has 2 heterocycles. The van der Waals surface area contributed by atoms with Crippen molar-refractivity contribution in [1.29, 1.82) is 0 Å². The third-order valence-electron chi connectivity index (χ3n) is 3.58. The SMILES string of the molecule is CC(NC(=O)N1CCN2CCCC2C1)C(=O)O. The number of aliphatic carboxylic acids is 1. The minimum atomic E-state index is -1.00. The van der Waals surface area contributed by atoms with E-state index in [0.29, 0.717) is 12.6 Å². The Kier molecular flexibility index (Phi) is 3.51. The van der Waals surface area contributed by atoms with Gasteiger partial charge in [-0.15, -0.1) is 0 Å². The molecule has 0 bridgehead atoms. The smallest absolute Gasteiger partial charge is 0.325 e. The third kappa shape index (κ3) is 2.69. The Balaban J connectivity index is 1.86. The van der Waals surface area contributed by atoms with E-state index in [-0.39, 0.29) is 6.03 Å². The van der Waals surface area contributed by atoms with Gasteiger partial charge in [0.2, 0.25) is 0 Å². The highest BCUT2D eigenvalue weighted by molar-refractivity contribution is 5.82. The molecule has 2 amide bonds. The third-order valence-corrected chi connectivity index (χ3v) is 3.58. The van der Waals surface area contributed by atoms with Crippen molar-refractivity contribution in [2.45, 2.75) is 31.8 Å². The summed E-state index contributed by atoms with van der Waals surface area (Å²) in [4.78, 5) is 26.6. The van der Waals surface area contributed by atoms with E-state index in [9.17, 15) is 9.59 Å². The summed E-state index contributed by atoms with van der Waals surface area (Å²) in [7, 11) is 0. The van der Waals surface area contributed by atoms with Gasteiger partial charge in [-0.1, -0.05) is 0 Å². The van der Waals surface area contributed by atoms with Crippen LogP contribution in [0.5, 0.6) is 0 Å². The zero-order chi connectivity index (χ0) is 12.4. The lowest BCUT2D eigenvalue weighted by atomic mass is 10.1. The van der Waals surface area contributed by atoms with E-state index in [4.69, 9.17) is 5.11 Å². The van der Waals surface area contributed by atoms with Gasteiger partial charge >= 0.3 is 12.0 Å². The summed E-state index contributed by atoms with van der Waals surface area (Å²) >= 11 is 0. The molecule has 2 N–H and O–H groups in total. The topological polar surface area (TPSA) is 72.9 Å². The second-order valence-corrected chi connectivity index (χ2v) is 4.79. The number of nitrogens with zero attached hydrogens (tertiary/aromatic N) is 2. The van der Waals surface area contributed by atoms with E-state index in [2.05, 4.69) is 10.2 Å². The molecule has 96 valence electrons. The summed E-state index contributed by atoms with van der Waals surface area (Å²) in [6.45, 7) is 4.92. The number of hydrogen-bond donors (Lipinski definition) is 2. The van der Waals surface area contributed by atoms with E-state index in [1.165, 1.54) is 13.3 Å². The maximum absolute atomic E-state index is 11.8. The van der Waals surface area contributed by atoms with Crippen LogP contribution in [0.15, 0.2) is 0 Å². The fourth-order valence-corrected chi connectivity index (χ4v) is 2.51. The molecule has 0 aromatic heterocycles. The second-order valence-electron chi connectivity index (χ2n) is 4.79. The number of piperazine rings is 1. The molecule has 17 heavy (non-hydrogen) atoms. The number of amides is 2. The first kappa shape index (κ1) is 12.2. The minimum Gasteiger partial charge on any atom is -0.480 e. The maximum atomic E-state index is 11.8. The largest absolute Gasteiger partial charge is 0.480 e. The van der Waals surface area contributed by atoms with Crippen molar-refractivity contribution in [1.82, 2.24) is 15.1 Å². The Morgan fingerprint density at radius 1 is 1.35 bits per heavy atom. The zero-order valence-corrected chi connectivity index (χ0v) is 10.1. The Morgan fingerprint density at radius 3 is 2.82 bits per heavy atom. The lowest BCUT2D eigenvalue weighted by Gasteiger charge is -2.37. The molecular formula is C11H19N3O3. The molecule has 0 radical (unpaired) electrons. The molecule has 2 rings (SSSR count). The predicted octanol–water partition coefficient (Wildman–Crippen LogP) is -0.0509. The van der Waals surface area contributed by atoms with Gasteiger partial charge in [-0.05, 0) is 26.3 Å². The Bertz CT molecular complexity index is 321. The summed E-state index contributed by atoms with van der Waals surface area (Å²) in [6, 6.07) is -0.620. The van der Waals surface area contributed by atoms with Gasteiger partial charge < -0.3 is 15.3 Å². The van der Waals surface area contributed by atoms with Crippen LogP contribution in [0, 0.1) is 0 Å². The normalized spacial score (nSPS) is 26.4. The van der Waals surface area contributed by atoms with Gasteiger partial charge in [0.1, 0.15) is 6.04 Å². The number of carbonyl (C=O) groups is 2. The molecule has 0 aromatic rings. The molecule has 2 aliphatic rings. The van der Waals surface area contributed by atoms with Crippen molar-refractivity contribution in [3.05, 3.63) is 0 Å². The van der Waals surface area contributed by atoms with Gasteiger partial charge in [-0.2, -0.15) is 0 Å². The quantitative estimate of drug-likeness (QED) is 0.711. The molecule has 2 atom stereocenters. The van der Waals surface area contributed by atoms with E-state index in [0.717, 1.165) is 26.1 Å². The van der Waals surface area contributed by atoms with Gasteiger partial charge in [0.15, 0.2) is 0 Å². The molecule has 0 saturated carbocycles. The molecule has 0 aromatic carbocycles. The summed E-state index contributed by atoms with van der Waals surface area (Å²) in [5.74, 6) is -1.00. The average molecular weight is 241 g/mol. The lowest BCUT2D eigenvalue weighted by molar-refractivity contribution is -0.138. The number of rotatable bonds is 2. The summed E-state index contributed by atoms with van der Waals surface area (Å²) in [5, 5.41) is 11.2. The van der Waals surface area contributed by atoms with Crippen molar-refractivity contribution < 1.29 is 14.7 Å². The van der Waals surface area contributed by atoms with Gasteiger partial charge in [0, 0.05) is 25.7 Å². The van der Waals surface area contributed by atoms with Crippen molar-refractivity contribution in [3.8, 4) is 0 Å². The molecular weight excluding hydrogens is 222 g/mol. The van der Waals surface area contributed by atoms with Gasteiger partial charge in [0.25, 0.3) is 0 Å². The number of carbonyl (C=O) groups excluding carboxylic acids is 1. The number of nitrogens with one attached hydrogen (secondary N) is 1. The first-order chi connectivity index (χ1) is 8.08. The van der Waals surface area contributed by atoms with Crippen molar-refractivity contribution in [2.75, 3.05) is 26.2 Å². The summed E-state index contributed by atoms with van der Waals surface area (Å²) in [6.07, 6.45) is 2.34. The van der Waals surface area contributed by atoms with Gasteiger partial charge in [-0.3, -0.25) is 9.69 Å². The fraction of sp³-hybridized carbons (Fsp3) is 0.818. The van der Waals surface area contributed by atoms with Crippen LogP contribution in [-0.4, -0.2) is 65.2 Å². The van der Waals surface area contributed by atoms with Crippen molar-refractivity contribution in [3.63, 3.8) is 0 Å². The zero-order valence-electron chi connectivity index (χ0n) is 10.1. The predicted molar refractivity (Wildman–Crippen MR) is 61.8 cm³/mol. The van der Waals surface area contributed by atoms with E-state index in [1.54, 1.807) is 4.90 Å². The summed E-state index contributed by atoms with van der Waals surface area (Å²) in [5.41, 5.74) is 0. The van der Waals surface area contributed by atoms with Gasteiger partial charge in [-0.25, -0.2) is 4.79 Å². The lowest BCUT2D eigenvalue weighted by Crippen LogP contribution is -2.56. The van der Waals surface area contributed by atoms with Crippen molar-refractivity contribution in [2.24, 2.45) is 0 Å². The van der Waals surface area contributed by atoms with Crippen molar-refractivity contribution >= 4 is 12.0 Å². The molecule has 2 unspecified atom stereocenters. The van der Waals surface area contributed by atoms with Crippen LogP contribution in [0.25, 0.3) is 0 Å². The first-order valence-corrected chi connectivity index (χ1v) is 6.10. The maximum Gasteiger partial charge on any atom is 0.325 e. The highest BCUT2D eigenvalue weighted by Gasteiger charge is 2.33. The van der Waals surface area contributed by atoms with Crippen LogP contribution in [0.4, 0.5) is 4.79 Å². The molecule has 0 aliphatic carbocycles. The second kappa shape index (κ2) is 4.91. The highest BCUT2D eigenvalue weighted by atomic mass is 16.4. The van der Waals surface area contributed by atoms with Crippen LogP contribution in [-0.2, 0) is 4.79 Å². The van der Waals surface area contributed by atoms with Crippen LogP contribution < -0.4 is 5.32 Å². The number of hydrogen-bond acceptors (Lipinski definition) is 3. The van der Waals surface area contributed by atoms with E-state index >= 15 is 0 Å². The van der Waals surface area contributed by atoms with Crippen LogP contribution in [0.2, 0.25) is 0 Å². The Labute approximate surface area is 101 Å². The Morgan fingerprint density at radius 2 is 2.12 bits per heavy atom. The monoisotopic (exact) mass is 241 g/mol. The van der Waals surface area contributed by atoms with Crippen LogP contribution >= 0.6 is 0 Å². The molecule has 6 nitrogen and oxygen atoms in total. The summed E-state index contributed by atoms with van der Waals surface area (Å²) < 4.78 is 0. The fourth-order valence-electron chi connectivity index (χ4n) is 2.51.